The predicted octanol–water partition coefficient (Wildman–Crippen LogP) is 4.13. The highest BCUT2D eigenvalue weighted by Crippen LogP contribution is 2.22. The molecule has 3 rings (SSSR count). The minimum absolute atomic E-state index is 0.0747. The van der Waals surface area contributed by atoms with Crippen molar-refractivity contribution >= 4 is 16.8 Å². The van der Waals surface area contributed by atoms with E-state index < -0.39 is 0 Å². The van der Waals surface area contributed by atoms with E-state index >= 15 is 0 Å². The largest absolute Gasteiger partial charge is 0.351 e. The summed E-state index contributed by atoms with van der Waals surface area (Å²) in [5.41, 5.74) is 4.61. The van der Waals surface area contributed by atoms with Crippen LogP contribution in [-0.4, -0.2) is 47.9 Å². The first-order valence-electron chi connectivity index (χ1n) is 9.12. The van der Waals surface area contributed by atoms with Crippen LogP contribution in [0.2, 0.25) is 0 Å². The Labute approximate surface area is 159 Å². The Morgan fingerprint density at radius 1 is 1.07 bits per heavy atom. The third-order valence-electron chi connectivity index (χ3n) is 4.69. The Balaban J connectivity index is 1.90. The molecule has 0 atom stereocenters. The fourth-order valence-electron chi connectivity index (χ4n) is 3.31. The summed E-state index contributed by atoms with van der Waals surface area (Å²) in [5.74, 6) is -0.362. The van der Waals surface area contributed by atoms with E-state index in [1.54, 1.807) is 11.0 Å². The molecule has 0 aliphatic carbocycles. The number of hydrogen-bond acceptors (Lipinski definition) is 2. The lowest BCUT2D eigenvalue weighted by Gasteiger charge is -2.24. The first kappa shape index (κ1) is 19.1. The summed E-state index contributed by atoms with van der Waals surface area (Å²) in [5, 5.41) is 1.06. The van der Waals surface area contributed by atoms with Crippen LogP contribution in [0.3, 0.4) is 0 Å². The van der Waals surface area contributed by atoms with Gasteiger partial charge >= 0.3 is 0 Å². The van der Waals surface area contributed by atoms with Gasteiger partial charge in [-0.05, 0) is 68.9 Å². The van der Waals surface area contributed by atoms with Crippen LogP contribution in [0.25, 0.3) is 10.9 Å². The maximum atomic E-state index is 13.6. The van der Waals surface area contributed by atoms with Gasteiger partial charge in [0.2, 0.25) is 0 Å². The molecule has 0 bridgehead atoms. The summed E-state index contributed by atoms with van der Waals surface area (Å²) in [4.78, 5) is 20.3. The monoisotopic (exact) mass is 367 g/mol. The Morgan fingerprint density at radius 3 is 2.56 bits per heavy atom. The molecule has 0 aliphatic heterocycles. The Kier molecular flexibility index (Phi) is 5.61. The Hall–Kier alpha value is -2.66. The maximum Gasteiger partial charge on any atom is 0.270 e. The van der Waals surface area contributed by atoms with Crippen molar-refractivity contribution in [3.05, 3.63) is 70.7 Å². The number of likely N-dealkylation sites (N-methyl/N-ethyl adjacent to an activating group) is 1. The number of halogens is 1. The molecule has 5 heteroatoms. The number of aromatic nitrogens is 1. The SMILES string of the molecule is Cc1cc(C)c2cc(C(=O)N(CCN(C)C)Cc3cccc(F)c3)[nH]c2c1. The van der Waals surface area contributed by atoms with Gasteiger partial charge < -0.3 is 14.8 Å². The average Bonchev–Trinajstić information content (AvgIpc) is 3.02. The van der Waals surface area contributed by atoms with Crippen molar-refractivity contribution in [2.24, 2.45) is 0 Å². The minimum atomic E-state index is -0.288. The molecule has 0 aliphatic rings. The zero-order valence-electron chi connectivity index (χ0n) is 16.3. The summed E-state index contributed by atoms with van der Waals surface area (Å²) in [6, 6.07) is 12.5. The highest BCUT2D eigenvalue weighted by molar-refractivity contribution is 5.99. The lowest BCUT2D eigenvalue weighted by Crippen LogP contribution is -2.36. The van der Waals surface area contributed by atoms with Crippen LogP contribution in [0, 0.1) is 19.7 Å². The number of aryl methyl sites for hydroxylation is 2. The summed E-state index contributed by atoms with van der Waals surface area (Å²) < 4.78 is 13.6. The van der Waals surface area contributed by atoms with Crippen LogP contribution < -0.4 is 0 Å². The van der Waals surface area contributed by atoms with Crippen LogP contribution in [0.1, 0.15) is 27.2 Å². The van der Waals surface area contributed by atoms with Gasteiger partial charge in [0, 0.05) is 30.5 Å². The lowest BCUT2D eigenvalue weighted by atomic mass is 10.1. The topological polar surface area (TPSA) is 39.3 Å². The van der Waals surface area contributed by atoms with Gasteiger partial charge in [0.25, 0.3) is 5.91 Å². The molecule has 0 spiro atoms. The molecule has 1 N–H and O–H groups in total. The van der Waals surface area contributed by atoms with Gasteiger partial charge in [-0.1, -0.05) is 18.2 Å². The van der Waals surface area contributed by atoms with Crippen LogP contribution in [-0.2, 0) is 6.54 Å². The Morgan fingerprint density at radius 2 is 1.85 bits per heavy atom. The maximum absolute atomic E-state index is 13.6. The second-order valence-corrected chi connectivity index (χ2v) is 7.39. The standard InChI is InChI=1S/C22H26FN3O/c1-15-10-16(2)19-13-21(24-20(19)11-15)22(27)26(9-8-25(3)4)14-17-6-5-7-18(23)12-17/h5-7,10-13,24H,8-9,14H2,1-4H3. The summed E-state index contributed by atoms with van der Waals surface area (Å²) in [6.07, 6.45) is 0. The lowest BCUT2D eigenvalue weighted by molar-refractivity contribution is 0.0727. The fourth-order valence-corrected chi connectivity index (χ4v) is 3.31. The number of H-pyrrole nitrogens is 1. The van der Waals surface area contributed by atoms with Crippen molar-refractivity contribution in [2.45, 2.75) is 20.4 Å². The zero-order chi connectivity index (χ0) is 19.6. The van der Waals surface area contributed by atoms with E-state index in [9.17, 15) is 9.18 Å². The van der Waals surface area contributed by atoms with Crippen LogP contribution in [0.4, 0.5) is 4.39 Å². The Bertz CT molecular complexity index is 961. The van der Waals surface area contributed by atoms with Gasteiger partial charge in [-0.15, -0.1) is 0 Å². The number of nitrogens with one attached hydrogen (secondary N) is 1. The first-order chi connectivity index (χ1) is 12.8. The summed E-state index contributed by atoms with van der Waals surface area (Å²) >= 11 is 0. The van der Waals surface area contributed by atoms with Crippen molar-refractivity contribution in [2.75, 3.05) is 27.2 Å². The molecule has 0 saturated heterocycles. The van der Waals surface area contributed by atoms with Crippen molar-refractivity contribution in [1.29, 1.82) is 0 Å². The summed E-state index contributed by atoms with van der Waals surface area (Å²) in [7, 11) is 3.94. The van der Waals surface area contributed by atoms with Gasteiger partial charge in [0.1, 0.15) is 11.5 Å². The van der Waals surface area contributed by atoms with Crippen molar-refractivity contribution in [3.63, 3.8) is 0 Å². The molecule has 0 radical (unpaired) electrons. The quantitative estimate of drug-likeness (QED) is 0.712. The van der Waals surface area contributed by atoms with E-state index in [1.807, 2.05) is 45.0 Å². The molecule has 0 saturated carbocycles. The molecule has 1 amide bonds. The molecule has 2 aromatic carbocycles. The smallest absolute Gasteiger partial charge is 0.270 e. The molecule has 0 fully saturated rings. The highest BCUT2D eigenvalue weighted by Gasteiger charge is 2.19. The second-order valence-electron chi connectivity index (χ2n) is 7.39. The van der Waals surface area contributed by atoms with Crippen molar-refractivity contribution in [3.8, 4) is 0 Å². The number of fused-ring (bicyclic) bond motifs is 1. The number of aromatic amines is 1. The second kappa shape index (κ2) is 7.92. The minimum Gasteiger partial charge on any atom is -0.351 e. The molecule has 142 valence electrons. The number of rotatable bonds is 6. The van der Waals surface area contributed by atoms with E-state index in [1.165, 1.54) is 12.1 Å². The molecular formula is C22H26FN3O. The number of benzene rings is 2. The van der Waals surface area contributed by atoms with Gasteiger partial charge in [-0.3, -0.25) is 4.79 Å². The number of nitrogens with zero attached hydrogens (tertiary/aromatic N) is 2. The fraction of sp³-hybridized carbons (Fsp3) is 0.318. The van der Waals surface area contributed by atoms with Crippen molar-refractivity contribution in [1.82, 2.24) is 14.8 Å². The number of amides is 1. The molecule has 1 aromatic heterocycles. The van der Waals surface area contributed by atoms with Gasteiger partial charge in [0.15, 0.2) is 0 Å². The molecule has 4 nitrogen and oxygen atoms in total. The zero-order valence-corrected chi connectivity index (χ0v) is 16.3. The van der Waals surface area contributed by atoms with E-state index in [0.717, 1.165) is 34.1 Å². The van der Waals surface area contributed by atoms with E-state index in [0.29, 0.717) is 18.8 Å². The number of carbonyl (C=O) groups excluding carboxylic acids is 1. The molecular weight excluding hydrogens is 341 g/mol. The van der Waals surface area contributed by atoms with E-state index in [-0.39, 0.29) is 11.7 Å². The van der Waals surface area contributed by atoms with E-state index in [2.05, 4.69) is 17.1 Å². The molecule has 0 unspecified atom stereocenters. The third-order valence-corrected chi connectivity index (χ3v) is 4.69. The van der Waals surface area contributed by atoms with Crippen molar-refractivity contribution < 1.29 is 9.18 Å². The number of carbonyl (C=O) groups is 1. The van der Waals surface area contributed by atoms with Crippen LogP contribution in [0.15, 0.2) is 42.5 Å². The van der Waals surface area contributed by atoms with Gasteiger partial charge in [0.05, 0.1) is 0 Å². The van der Waals surface area contributed by atoms with Crippen LogP contribution in [0.5, 0.6) is 0 Å². The molecule has 1 heterocycles. The third kappa shape index (κ3) is 4.55. The van der Waals surface area contributed by atoms with Crippen LogP contribution >= 0.6 is 0 Å². The van der Waals surface area contributed by atoms with E-state index in [4.69, 9.17) is 0 Å². The molecule has 27 heavy (non-hydrogen) atoms. The van der Waals surface area contributed by atoms with Gasteiger partial charge in [-0.2, -0.15) is 0 Å². The normalized spacial score (nSPS) is 11.3. The number of hydrogen-bond donors (Lipinski definition) is 1. The summed E-state index contributed by atoms with van der Waals surface area (Å²) in [6.45, 7) is 5.77. The predicted molar refractivity (Wildman–Crippen MR) is 107 cm³/mol. The first-order valence-corrected chi connectivity index (χ1v) is 9.12. The van der Waals surface area contributed by atoms with Gasteiger partial charge in [-0.25, -0.2) is 4.39 Å². The average molecular weight is 367 g/mol. The highest BCUT2D eigenvalue weighted by atomic mass is 19.1. The molecule has 3 aromatic rings.